The Bertz CT molecular complexity index is 379. The van der Waals surface area contributed by atoms with Crippen molar-refractivity contribution in [2.24, 2.45) is 0 Å². The van der Waals surface area contributed by atoms with Gasteiger partial charge in [0, 0.05) is 25.2 Å². The molecule has 0 fully saturated rings. The zero-order valence-electron chi connectivity index (χ0n) is 13.5. The van der Waals surface area contributed by atoms with E-state index in [-0.39, 0.29) is 0 Å². The number of rotatable bonds is 9. The molecule has 20 heavy (non-hydrogen) atoms. The van der Waals surface area contributed by atoms with Crippen molar-refractivity contribution in [1.29, 1.82) is 0 Å². The summed E-state index contributed by atoms with van der Waals surface area (Å²) in [6.07, 6.45) is 3.07. The number of nitrogens with zero attached hydrogens (tertiary/aromatic N) is 1. The molecule has 0 aliphatic rings. The summed E-state index contributed by atoms with van der Waals surface area (Å²) in [6, 6.07) is 10.1. The van der Waals surface area contributed by atoms with Crippen LogP contribution in [-0.2, 0) is 13.0 Å². The molecule has 0 aliphatic heterocycles. The molecule has 0 aliphatic carbocycles. The molecule has 0 saturated heterocycles. The zero-order chi connectivity index (χ0) is 15.0. The maximum absolute atomic E-state index is 3.84. The van der Waals surface area contributed by atoms with Crippen LogP contribution in [0.2, 0.25) is 0 Å². The number of nitrogens with one attached hydrogen (secondary N) is 1. The van der Waals surface area contributed by atoms with Gasteiger partial charge >= 0.3 is 0 Å². The Morgan fingerprint density at radius 1 is 1.10 bits per heavy atom. The molecule has 0 aromatic heterocycles. The molecule has 1 N–H and O–H groups in total. The largest absolute Gasteiger partial charge is 0.314 e. The van der Waals surface area contributed by atoms with Crippen LogP contribution in [0.15, 0.2) is 36.9 Å². The minimum Gasteiger partial charge on any atom is -0.314 e. The Morgan fingerprint density at radius 3 is 2.20 bits per heavy atom. The fraction of sp³-hybridized carbons (Fsp3) is 0.556. The van der Waals surface area contributed by atoms with Crippen LogP contribution in [0.4, 0.5) is 0 Å². The third-order valence-corrected chi connectivity index (χ3v) is 3.47. The summed E-state index contributed by atoms with van der Waals surface area (Å²) < 4.78 is 0. The van der Waals surface area contributed by atoms with Crippen LogP contribution in [0.25, 0.3) is 0 Å². The van der Waals surface area contributed by atoms with E-state index in [0.29, 0.717) is 12.1 Å². The molecule has 0 amide bonds. The second-order valence-electron chi connectivity index (χ2n) is 5.99. The van der Waals surface area contributed by atoms with Gasteiger partial charge in [0.1, 0.15) is 0 Å². The van der Waals surface area contributed by atoms with Crippen molar-refractivity contribution in [3.8, 4) is 0 Å². The van der Waals surface area contributed by atoms with Crippen molar-refractivity contribution in [1.82, 2.24) is 10.2 Å². The Hall–Kier alpha value is -1.12. The number of hydrogen-bond donors (Lipinski definition) is 1. The maximum atomic E-state index is 3.84. The Labute approximate surface area is 124 Å². The van der Waals surface area contributed by atoms with E-state index in [4.69, 9.17) is 0 Å². The van der Waals surface area contributed by atoms with Gasteiger partial charge in [-0.2, -0.15) is 0 Å². The van der Waals surface area contributed by atoms with Gasteiger partial charge in [-0.05, 0) is 37.9 Å². The first-order valence-electron chi connectivity index (χ1n) is 7.69. The molecule has 0 unspecified atom stereocenters. The van der Waals surface area contributed by atoms with Gasteiger partial charge in [0.2, 0.25) is 0 Å². The van der Waals surface area contributed by atoms with Crippen molar-refractivity contribution in [3.05, 3.63) is 48.0 Å². The molecule has 0 radical (unpaired) electrons. The lowest BCUT2D eigenvalue weighted by Gasteiger charge is -2.25. The molecule has 0 atom stereocenters. The predicted octanol–water partition coefficient (Wildman–Crippen LogP) is 3.62. The van der Waals surface area contributed by atoms with E-state index in [1.54, 1.807) is 0 Å². The number of benzene rings is 1. The molecule has 2 heteroatoms. The second-order valence-corrected chi connectivity index (χ2v) is 5.99. The van der Waals surface area contributed by atoms with E-state index in [2.05, 4.69) is 68.8 Å². The third kappa shape index (κ3) is 6.36. The van der Waals surface area contributed by atoms with Gasteiger partial charge in [-0.1, -0.05) is 44.2 Å². The number of hydrogen-bond acceptors (Lipinski definition) is 2. The van der Waals surface area contributed by atoms with Crippen LogP contribution in [-0.4, -0.2) is 30.1 Å². The van der Waals surface area contributed by atoms with Crippen molar-refractivity contribution < 1.29 is 0 Å². The highest BCUT2D eigenvalue weighted by atomic mass is 15.1. The summed E-state index contributed by atoms with van der Waals surface area (Å²) in [4.78, 5) is 2.42. The van der Waals surface area contributed by atoms with Gasteiger partial charge in [-0.3, -0.25) is 4.90 Å². The van der Waals surface area contributed by atoms with Gasteiger partial charge in [0.05, 0.1) is 0 Å². The first-order valence-corrected chi connectivity index (χ1v) is 7.69. The lowest BCUT2D eigenvalue weighted by Crippen LogP contribution is -2.30. The lowest BCUT2D eigenvalue weighted by molar-refractivity contribution is 0.237. The third-order valence-electron chi connectivity index (χ3n) is 3.47. The van der Waals surface area contributed by atoms with E-state index < -0.39 is 0 Å². The van der Waals surface area contributed by atoms with Crippen LogP contribution in [0.3, 0.4) is 0 Å². The SMILES string of the molecule is C=CCN(Cc1ccc(CCNC(C)C)cc1)C(C)C. The monoisotopic (exact) mass is 274 g/mol. The molecule has 0 spiro atoms. The van der Waals surface area contributed by atoms with E-state index in [9.17, 15) is 0 Å². The van der Waals surface area contributed by atoms with Crippen molar-refractivity contribution >= 4 is 0 Å². The molecular formula is C18H30N2. The van der Waals surface area contributed by atoms with Gasteiger partial charge in [-0.25, -0.2) is 0 Å². The van der Waals surface area contributed by atoms with Gasteiger partial charge in [-0.15, -0.1) is 6.58 Å². The second kappa shape index (κ2) is 8.93. The van der Waals surface area contributed by atoms with Crippen LogP contribution >= 0.6 is 0 Å². The molecule has 1 rings (SSSR count). The summed E-state index contributed by atoms with van der Waals surface area (Å²) in [6.45, 7) is 15.7. The predicted molar refractivity (Wildman–Crippen MR) is 89.0 cm³/mol. The smallest absolute Gasteiger partial charge is 0.0239 e. The van der Waals surface area contributed by atoms with Gasteiger partial charge < -0.3 is 5.32 Å². The molecule has 1 aromatic rings. The van der Waals surface area contributed by atoms with Crippen molar-refractivity contribution in [2.45, 2.75) is 52.7 Å². The first kappa shape index (κ1) is 16.9. The highest BCUT2D eigenvalue weighted by Gasteiger charge is 2.08. The molecule has 0 heterocycles. The molecule has 1 aromatic carbocycles. The van der Waals surface area contributed by atoms with Crippen molar-refractivity contribution in [3.63, 3.8) is 0 Å². The maximum Gasteiger partial charge on any atom is 0.0239 e. The quantitative estimate of drug-likeness (QED) is 0.692. The summed E-state index contributed by atoms with van der Waals surface area (Å²) in [5.41, 5.74) is 2.78. The van der Waals surface area contributed by atoms with Crippen LogP contribution in [0.1, 0.15) is 38.8 Å². The molecular weight excluding hydrogens is 244 g/mol. The van der Waals surface area contributed by atoms with Gasteiger partial charge in [0.15, 0.2) is 0 Å². The highest BCUT2D eigenvalue weighted by Crippen LogP contribution is 2.10. The summed E-state index contributed by atoms with van der Waals surface area (Å²) >= 11 is 0. The Balaban J connectivity index is 2.50. The molecule has 112 valence electrons. The Kier molecular flexibility index (Phi) is 7.56. The topological polar surface area (TPSA) is 15.3 Å². The molecule has 0 saturated carbocycles. The van der Waals surface area contributed by atoms with Crippen LogP contribution in [0, 0.1) is 0 Å². The van der Waals surface area contributed by atoms with E-state index in [0.717, 1.165) is 26.1 Å². The average molecular weight is 274 g/mol. The van der Waals surface area contributed by atoms with E-state index >= 15 is 0 Å². The average Bonchev–Trinajstić information content (AvgIpc) is 2.39. The summed E-state index contributed by atoms with van der Waals surface area (Å²) in [7, 11) is 0. The minimum absolute atomic E-state index is 0.544. The van der Waals surface area contributed by atoms with Crippen LogP contribution < -0.4 is 5.32 Å². The minimum atomic E-state index is 0.544. The summed E-state index contributed by atoms with van der Waals surface area (Å²) in [5, 5.41) is 3.45. The molecule has 0 bridgehead atoms. The normalized spacial score (nSPS) is 11.6. The zero-order valence-corrected chi connectivity index (χ0v) is 13.5. The molecule has 2 nitrogen and oxygen atoms in total. The fourth-order valence-corrected chi connectivity index (χ4v) is 2.17. The van der Waals surface area contributed by atoms with Gasteiger partial charge in [0.25, 0.3) is 0 Å². The van der Waals surface area contributed by atoms with E-state index in [1.165, 1.54) is 11.1 Å². The van der Waals surface area contributed by atoms with E-state index in [1.807, 2.05) is 6.08 Å². The van der Waals surface area contributed by atoms with Crippen molar-refractivity contribution in [2.75, 3.05) is 13.1 Å². The standard InChI is InChI=1S/C18H30N2/c1-6-13-20(16(4)5)14-18-9-7-17(8-10-18)11-12-19-15(2)3/h6-10,15-16,19H,1,11-14H2,2-5H3. The highest BCUT2D eigenvalue weighted by molar-refractivity contribution is 5.23. The lowest BCUT2D eigenvalue weighted by atomic mass is 10.1. The Morgan fingerprint density at radius 2 is 1.70 bits per heavy atom. The first-order chi connectivity index (χ1) is 9.52. The summed E-state index contributed by atoms with van der Waals surface area (Å²) in [5.74, 6) is 0. The van der Waals surface area contributed by atoms with Crippen LogP contribution in [0.5, 0.6) is 0 Å². The fourth-order valence-electron chi connectivity index (χ4n) is 2.17.